The standard InChI is InChI=1S/C14H19NO2/c1-11-4-3-5-13(8-11)15(2)9-14(16)12-6-7-17-10-12/h3-5,8,12H,6-7,9-10H2,1-2H3. The van der Waals surface area contributed by atoms with Gasteiger partial charge in [-0.2, -0.15) is 0 Å². The summed E-state index contributed by atoms with van der Waals surface area (Å²) >= 11 is 0. The van der Waals surface area contributed by atoms with E-state index in [4.69, 9.17) is 4.74 Å². The van der Waals surface area contributed by atoms with E-state index in [1.807, 2.05) is 24.1 Å². The van der Waals surface area contributed by atoms with Gasteiger partial charge in [-0.25, -0.2) is 0 Å². The van der Waals surface area contributed by atoms with Gasteiger partial charge in [0.05, 0.1) is 13.2 Å². The summed E-state index contributed by atoms with van der Waals surface area (Å²) in [7, 11) is 1.96. The van der Waals surface area contributed by atoms with Gasteiger partial charge < -0.3 is 9.64 Å². The van der Waals surface area contributed by atoms with Gasteiger partial charge in [0.1, 0.15) is 0 Å². The van der Waals surface area contributed by atoms with Gasteiger partial charge in [-0.3, -0.25) is 4.79 Å². The lowest BCUT2D eigenvalue weighted by atomic mass is 10.0. The van der Waals surface area contributed by atoms with Gasteiger partial charge in [-0.05, 0) is 31.0 Å². The van der Waals surface area contributed by atoms with Gasteiger partial charge in [0.25, 0.3) is 0 Å². The summed E-state index contributed by atoms with van der Waals surface area (Å²) in [5, 5.41) is 0. The Bertz CT molecular complexity index is 397. The number of ketones is 1. The van der Waals surface area contributed by atoms with Crippen LogP contribution in [0, 0.1) is 12.8 Å². The molecule has 2 rings (SSSR count). The first kappa shape index (κ1) is 12.1. The Labute approximate surface area is 102 Å². The average Bonchev–Trinajstić information content (AvgIpc) is 2.82. The Kier molecular flexibility index (Phi) is 3.79. The van der Waals surface area contributed by atoms with E-state index in [1.165, 1.54) is 5.56 Å². The molecule has 0 spiro atoms. The maximum absolute atomic E-state index is 12.0. The first-order valence-corrected chi connectivity index (χ1v) is 6.05. The van der Waals surface area contributed by atoms with Crippen molar-refractivity contribution in [3.8, 4) is 0 Å². The quantitative estimate of drug-likeness (QED) is 0.797. The summed E-state index contributed by atoms with van der Waals surface area (Å²) in [6, 6.07) is 8.21. The van der Waals surface area contributed by atoms with Crippen LogP contribution in [0.5, 0.6) is 0 Å². The van der Waals surface area contributed by atoms with Gasteiger partial charge >= 0.3 is 0 Å². The van der Waals surface area contributed by atoms with Crippen LogP contribution in [0.2, 0.25) is 0 Å². The molecule has 1 aliphatic heterocycles. The minimum Gasteiger partial charge on any atom is -0.381 e. The molecule has 0 saturated carbocycles. The van der Waals surface area contributed by atoms with Crippen molar-refractivity contribution in [1.82, 2.24) is 0 Å². The molecule has 1 fully saturated rings. The first-order chi connectivity index (χ1) is 8.16. The Hall–Kier alpha value is -1.35. The highest BCUT2D eigenvalue weighted by atomic mass is 16.5. The number of carbonyl (C=O) groups excluding carboxylic acids is 1. The molecule has 1 atom stereocenters. The molecule has 3 nitrogen and oxygen atoms in total. The van der Waals surface area contributed by atoms with Crippen LogP contribution in [0.4, 0.5) is 5.69 Å². The zero-order valence-corrected chi connectivity index (χ0v) is 10.5. The Morgan fingerprint density at radius 1 is 1.53 bits per heavy atom. The molecule has 1 aromatic carbocycles. The number of anilines is 1. The smallest absolute Gasteiger partial charge is 0.157 e. The molecule has 0 aromatic heterocycles. The minimum atomic E-state index is 0.0993. The van der Waals surface area contributed by atoms with Crippen molar-refractivity contribution in [1.29, 1.82) is 0 Å². The molecule has 1 aromatic rings. The number of aryl methyl sites for hydroxylation is 1. The van der Waals surface area contributed by atoms with Gasteiger partial charge in [-0.15, -0.1) is 0 Å². The van der Waals surface area contributed by atoms with Crippen LogP contribution in [0.25, 0.3) is 0 Å². The molecule has 0 amide bonds. The van der Waals surface area contributed by atoms with Crippen molar-refractivity contribution >= 4 is 11.5 Å². The van der Waals surface area contributed by atoms with Gasteiger partial charge in [0, 0.05) is 25.3 Å². The highest BCUT2D eigenvalue weighted by Gasteiger charge is 2.24. The van der Waals surface area contributed by atoms with Crippen molar-refractivity contribution in [2.75, 3.05) is 31.7 Å². The van der Waals surface area contributed by atoms with E-state index >= 15 is 0 Å². The van der Waals surface area contributed by atoms with E-state index in [1.54, 1.807) is 0 Å². The summed E-state index contributed by atoms with van der Waals surface area (Å²) in [6.07, 6.45) is 0.875. The SMILES string of the molecule is Cc1cccc(N(C)CC(=O)C2CCOC2)c1. The van der Waals surface area contributed by atoms with E-state index in [0.717, 1.165) is 18.7 Å². The lowest BCUT2D eigenvalue weighted by molar-refractivity contribution is -0.121. The highest BCUT2D eigenvalue weighted by molar-refractivity contribution is 5.85. The highest BCUT2D eigenvalue weighted by Crippen LogP contribution is 2.17. The van der Waals surface area contributed by atoms with E-state index < -0.39 is 0 Å². The number of rotatable bonds is 4. The second-order valence-electron chi connectivity index (χ2n) is 4.72. The maximum atomic E-state index is 12.0. The molecule has 0 bridgehead atoms. The van der Waals surface area contributed by atoms with Crippen LogP contribution >= 0.6 is 0 Å². The fourth-order valence-electron chi connectivity index (χ4n) is 2.11. The normalized spacial score (nSPS) is 19.3. The predicted octanol–water partition coefficient (Wildman–Crippen LogP) is 2.04. The molecule has 1 unspecified atom stereocenters. The van der Waals surface area contributed by atoms with Crippen LogP contribution in [0.1, 0.15) is 12.0 Å². The summed E-state index contributed by atoms with van der Waals surface area (Å²) in [6.45, 7) is 3.85. The third-order valence-corrected chi connectivity index (χ3v) is 3.22. The fourth-order valence-corrected chi connectivity index (χ4v) is 2.11. The number of ether oxygens (including phenoxy) is 1. The molecule has 17 heavy (non-hydrogen) atoms. The van der Waals surface area contributed by atoms with Crippen LogP contribution in [0.3, 0.4) is 0 Å². The zero-order chi connectivity index (χ0) is 12.3. The van der Waals surface area contributed by atoms with Crippen LogP contribution in [-0.4, -0.2) is 32.6 Å². The van der Waals surface area contributed by atoms with Crippen LogP contribution in [0.15, 0.2) is 24.3 Å². The molecule has 3 heteroatoms. The lowest BCUT2D eigenvalue weighted by Gasteiger charge is -2.20. The summed E-state index contributed by atoms with van der Waals surface area (Å²) in [5.41, 5.74) is 2.31. The van der Waals surface area contributed by atoms with Crippen molar-refractivity contribution in [2.45, 2.75) is 13.3 Å². The van der Waals surface area contributed by atoms with E-state index in [2.05, 4.69) is 19.1 Å². The third kappa shape index (κ3) is 3.07. The van der Waals surface area contributed by atoms with Crippen molar-refractivity contribution in [3.05, 3.63) is 29.8 Å². The molecule has 0 radical (unpaired) electrons. The Balaban J connectivity index is 1.96. The topological polar surface area (TPSA) is 29.5 Å². The van der Waals surface area contributed by atoms with E-state index in [0.29, 0.717) is 13.2 Å². The zero-order valence-electron chi connectivity index (χ0n) is 10.5. The minimum absolute atomic E-state index is 0.0993. The number of hydrogen-bond donors (Lipinski definition) is 0. The number of Topliss-reactive ketones (excluding diaryl/α,β-unsaturated/α-hetero) is 1. The predicted molar refractivity (Wildman–Crippen MR) is 68.4 cm³/mol. The lowest BCUT2D eigenvalue weighted by Crippen LogP contribution is -2.30. The van der Waals surface area contributed by atoms with Gasteiger partial charge in [0.2, 0.25) is 0 Å². The average molecular weight is 233 g/mol. The van der Waals surface area contributed by atoms with Gasteiger partial charge in [-0.1, -0.05) is 12.1 Å². The Morgan fingerprint density at radius 3 is 3.00 bits per heavy atom. The van der Waals surface area contributed by atoms with Crippen molar-refractivity contribution in [3.63, 3.8) is 0 Å². The molecule has 1 heterocycles. The third-order valence-electron chi connectivity index (χ3n) is 3.22. The first-order valence-electron chi connectivity index (χ1n) is 6.05. The molecular formula is C14H19NO2. The summed E-state index contributed by atoms with van der Waals surface area (Å²) in [5.74, 6) is 0.383. The monoisotopic (exact) mass is 233 g/mol. The van der Waals surface area contributed by atoms with Crippen LogP contribution in [-0.2, 0) is 9.53 Å². The second-order valence-corrected chi connectivity index (χ2v) is 4.72. The number of hydrogen-bond acceptors (Lipinski definition) is 3. The molecular weight excluding hydrogens is 214 g/mol. The summed E-state index contributed by atoms with van der Waals surface area (Å²) < 4.78 is 5.25. The summed E-state index contributed by atoms with van der Waals surface area (Å²) in [4.78, 5) is 14.0. The van der Waals surface area contributed by atoms with E-state index in [-0.39, 0.29) is 11.7 Å². The second kappa shape index (κ2) is 5.32. The molecule has 0 aliphatic carbocycles. The molecule has 1 aliphatic rings. The largest absolute Gasteiger partial charge is 0.381 e. The van der Waals surface area contributed by atoms with E-state index in [9.17, 15) is 4.79 Å². The molecule has 1 saturated heterocycles. The number of carbonyl (C=O) groups is 1. The number of likely N-dealkylation sites (N-methyl/N-ethyl adjacent to an activating group) is 1. The number of nitrogens with zero attached hydrogens (tertiary/aromatic N) is 1. The maximum Gasteiger partial charge on any atom is 0.157 e. The number of benzene rings is 1. The Morgan fingerprint density at radius 2 is 2.35 bits per heavy atom. The van der Waals surface area contributed by atoms with Crippen LogP contribution < -0.4 is 4.90 Å². The fraction of sp³-hybridized carbons (Fsp3) is 0.500. The molecule has 92 valence electrons. The van der Waals surface area contributed by atoms with Crippen molar-refractivity contribution < 1.29 is 9.53 Å². The molecule has 0 N–H and O–H groups in total. The van der Waals surface area contributed by atoms with Gasteiger partial charge in [0.15, 0.2) is 5.78 Å². The van der Waals surface area contributed by atoms with Crippen molar-refractivity contribution in [2.24, 2.45) is 5.92 Å².